The predicted octanol–water partition coefficient (Wildman–Crippen LogP) is 2.00. The van der Waals surface area contributed by atoms with E-state index in [1.54, 1.807) is 10.9 Å². The number of carboxylic acids is 1. The Morgan fingerprint density at radius 1 is 1.43 bits per heavy atom. The number of aryl methyl sites for hydroxylation is 1. The van der Waals surface area contributed by atoms with Gasteiger partial charge in [0.25, 0.3) is 0 Å². The van der Waals surface area contributed by atoms with Gasteiger partial charge in [-0.15, -0.1) is 0 Å². The van der Waals surface area contributed by atoms with E-state index in [0.717, 1.165) is 23.4 Å². The fraction of sp³-hybridized carbons (Fsp3) is 0.500. The zero-order valence-electron chi connectivity index (χ0n) is 12.3. The SMILES string of the molecule is CC1SCCN(c2c(C(=O)O)cnc3c2cnn3C)C1C. The summed E-state index contributed by atoms with van der Waals surface area (Å²) in [7, 11) is 1.82. The minimum absolute atomic E-state index is 0.251. The van der Waals surface area contributed by atoms with Crippen LogP contribution < -0.4 is 4.90 Å². The molecule has 0 amide bonds. The van der Waals surface area contributed by atoms with Crippen molar-refractivity contribution >= 4 is 34.5 Å². The number of rotatable bonds is 2. The van der Waals surface area contributed by atoms with Crippen LogP contribution in [0.3, 0.4) is 0 Å². The monoisotopic (exact) mass is 306 g/mol. The molecule has 2 unspecified atom stereocenters. The van der Waals surface area contributed by atoms with Crippen LogP contribution in [0, 0.1) is 0 Å². The van der Waals surface area contributed by atoms with E-state index in [2.05, 4.69) is 28.8 Å². The zero-order chi connectivity index (χ0) is 15.1. The molecule has 0 aromatic carbocycles. The second kappa shape index (κ2) is 5.22. The summed E-state index contributed by atoms with van der Waals surface area (Å²) in [5.74, 6) is 0.0515. The van der Waals surface area contributed by atoms with Crippen LogP contribution in [0.25, 0.3) is 11.0 Å². The van der Waals surface area contributed by atoms with Crippen LogP contribution >= 0.6 is 11.8 Å². The van der Waals surface area contributed by atoms with Gasteiger partial charge in [-0.05, 0) is 6.92 Å². The highest BCUT2D eigenvalue weighted by molar-refractivity contribution is 8.00. The number of carboxylic acid groups (broad SMARTS) is 1. The fourth-order valence-electron chi connectivity index (χ4n) is 2.80. The third kappa shape index (κ3) is 2.25. The summed E-state index contributed by atoms with van der Waals surface area (Å²) in [6.45, 7) is 5.17. The third-order valence-electron chi connectivity index (χ3n) is 4.14. The molecule has 2 atom stereocenters. The van der Waals surface area contributed by atoms with Gasteiger partial charge in [-0.1, -0.05) is 6.92 Å². The maximum Gasteiger partial charge on any atom is 0.339 e. The molecule has 2 aromatic heterocycles. The van der Waals surface area contributed by atoms with Gasteiger partial charge in [0.15, 0.2) is 5.65 Å². The first kappa shape index (κ1) is 14.2. The highest BCUT2D eigenvalue weighted by Crippen LogP contribution is 2.35. The molecule has 0 radical (unpaired) electrons. The van der Waals surface area contributed by atoms with Gasteiger partial charge in [0.05, 0.1) is 17.3 Å². The van der Waals surface area contributed by atoms with Crippen molar-refractivity contribution in [2.75, 3.05) is 17.2 Å². The summed E-state index contributed by atoms with van der Waals surface area (Å²) in [6.07, 6.45) is 3.16. The molecule has 112 valence electrons. The number of pyridine rings is 1. The van der Waals surface area contributed by atoms with E-state index < -0.39 is 5.97 Å². The molecule has 0 aliphatic carbocycles. The van der Waals surface area contributed by atoms with Gasteiger partial charge in [-0.3, -0.25) is 4.68 Å². The van der Waals surface area contributed by atoms with E-state index in [9.17, 15) is 9.90 Å². The first-order chi connectivity index (χ1) is 10.0. The summed E-state index contributed by atoms with van der Waals surface area (Å²) in [5, 5.41) is 15.0. The largest absolute Gasteiger partial charge is 0.478 e. The standard InChI is InChI=1S/C14H18N4O2S/c1-8-9(2)21-5-4-18(8)12-10-7-16-17(3)13(10)15-6-11(12)14(19)20/h6-9H,4-5H2,1-3H3,(H,19,20). The molecule has 21 heavy (non-hydrogen) atoms. The molecule has 1 saturated heterocycles. The van der Waals surface area contributed by atoms with E-state index in [-0.39, 0.29) is 11.6 Å². The number of fused-ring (bicyclic) bond motifs is 1. The van der Waals surface area contributed by atoms with Crippen LogP contribution in [0.1, 0.15) is 24.2 Å². The van der Waals surface area contributed by atoms with Crippen molar-refractivity contribution in [3.63, 3.8) is 0 Å². The molecule has 1 aliphatic heterocycles. The minimum Gasteiger partial charge on any atom is -0.478 e. The molecular formula is C14H18N4O2S. The Balaban J connectivity index is 2.23. The lowest BCUT2D eigenvalue weighted by molar-refractivity contribution is 0.0697. The third-order valence-corrected chi connectivity index (χ3v) is 5.47. The number of aromatic carboxylic acids is 1. The topological polar surface area (TPSA) is 71.2 Å². The summed E-state index contributed by atoms with van der Waals surface area (Å²) in [4.78, 5) is 18.0. The summed E-state index contributed by atoms with van der Waals surface area (Å²) >= 11 is 1.92. The zero-order valence-corrected chi connectivity index (χ0v) is 13.1. The van der Waals surface area contributed by atoms with Gasteiger partial charge in [-0.25, -0.2) is 9.78 Å². The highest BCUT2D eigenvalue weighted by atomic mass is 32.2. The number of nitrogens with zero attached hydrogens (tertiary/aromatic N) is 4. The summed E-state index contributed by atoms with van der Waals surface area (Å²) in [6, 6.07) is 0.271. The molecule has 7 heteroatoms. The first-order valence-electron chi connectivity index (χ1n) is 6.93. The Hall–Kier alpha value is -1.76. The number of thioether (sulfide) groups is 1. The molecule has 6 nitrogen and oxygen atoms in total. The van der Waals surface area contributed by atoms with Crippen LogP contribution in [0.4, 0.5) is 5.69 Å². The van der Waals surface area contributed by atoms with Crippen LogP contribution in [-0.4, -0.2) is 49.4 Å². The second-order valence-corrected chi connectivity index (χ2v) is 6.83. The van der Waals surface area contributed by atoms with E-state index in [1.807, 2.05) is 18.8 Å². The molecule has 1 fully saturated rings. The average molecular weight is 306 g/mol. The smallest absolute Gasteiger partial charge is 0.339 e. The van der Waals surface area contributed by atoms with E-state index in [4.69, 9.17) is 0 Å². The fourth-order valence-corrected chi connectivity index (χ4v) is 3.90. The maximum absolute atomic E-state index is 11.6. The van der Waals surface area contributed by atoms with E-state index in [1.165, 1.54) is 6.20 Å². The van der Waals surface area contributed by atoms with Crippen molar-refractivity contribution < 1.29 is 9.90 Å². The molecule has 3 heterocycles. The van der Waals surface area contributed by atoms with Crippen LogP contribution in [-0.2, 0) is 7.05 Å². The molecular weight excluding hydrogens is 288 g/mol. The number of anilines is 1. The van der Waals surface area contributed by atoms with Crippen molar-refractivity contribution in [2.24, 2.45) is 7.05 Å². The Morgan fingerprint density at radius 3 is 2.90 bits per heavy atom. The average Bonchev–Trinajstić information content (AvgIpc) is 2.83. The number of carbonyl (C=O) groups is 1. The molecule has 3 rings (SSSR count). The lowest BCUT2D eigenvalue weighted by atomic mass is 10.1. The Morgan fingerprint density at radius 2 is 2.19 bits per heavy atom. The van der Waals surface area contributed by atoms with Gasteiger partial charge in [0.2, 0.25) is 0 Å². The van der Waals surface area contributed by atoms with E-state index in [0.29, 0.717) is 10.9 Å². The second-order valence-electron chi connectivity index (χ2n) is 5.34. The van der Waals surface area contributed by atoms with Crippen LogP contribution in [0.2, 0.25) is 0 Å². The lowest BCUT2D eigenvalue weighted by Crippen LogP contribution is -2.45. The minimum atomic E-state index is -0.943. The van der Waals surface area contributed by atoms with Gasteiger partial charge in [-0.2, -0.15) is 16.9 Å². The normalized spacial score (nSPS) is 22.7. The highest BCUT2D eigenvalue weighted by Gasteiger charge is 2.30. The molecule has 0 bridgehead atoms. The Bertz CT molecular complexity index is 700. The Kier molecular flexibility index (Phi) is 3.52. The van der Waals surface area contributed by atoms with Crippen molar-refractivity contribution in [1.29, 1.82) is 0 Å². The van der Waals surface area contributed by atoms with Gasteiger partial charge < -0.3 is 10.0 Å². The van der Waals surface area contributed by atoms with Crippen molar-refractivity contribution in [3.8, 4) is 0 Å². The van der Waals surface area contributed by atoms with Gasteiger partial charge in [0, 0.05) is 36.8 Å². The molecule has 1 N–H and O–H groups in total. The first-order valence-corrected chi connectivity index (χ1v) is 7.98. The lowest BCUT2D eigenvalue weighted by Gasteiger charge is -2.40. The predicted molar refractivity (Wildman–Crippen MR) is 84.2 cm³/mol. The molecule has 0 spiro atoms. The van der Waals surface area contributed by atoms with Crippen LogP contribution in [0.15, 0.2) is 12.4 Å². The number of hydrogen-bond acceptors (Lipinski definition) is 5. The van der Waals surface area contributed by atoms with Crippen molar-refractivity contribution in [1.82, 2.24) is 14.8 Å². The quantitative estimate of drug-likeness (QED) is 0.915. The molecule has 0 saturated carbocycles. The van der Waals surface area contributed by atoms with Crippen LogP contribution in [0.5, 0.6) is 0 Å². The summed E-state index contributed by atoms with van der Waals surface area (Å²) < 4.78 is 1.68. The van der Waals surface area contributed by atoms with Gasteiger partial charge in [0.1, 0.15) is 5.56 Å². The van der Waals surface area contributed by atoms with E-state index >= 15 is 0 Å². The molecule has 2 aromatic rings. The van der Waals surface area contributed by atoms with Gasteiger partial charge >= 0.3 is 5.97 Å². The van der Waals surface area contributed by atoms with Crippen molar-refractivity contribution in [2.45, 2.75) is 25.1 Å². The summed E-state index contributed by atoms with van der Waals surface area (Å²) in [5.41, 5.74) is 1.72. The van der Waals surface area contributed by atoms with Crippen molar-refractivity contribution in [3.05, 3.63) is 18.0 Å². The number of hydrogen-bond donors (Lipinski definition) is 1. The number of aromatic nitrogens is 3. The Labute approximate surface area is 127 Å². The molecule has 1 aliphatic rings. The maximum atomic E-state index is 11.6.